The van der Waals surface area contributed by atoms with Crippen LogP contribution in [0.2, 0.25) is 5.02 Å². The zero-order valence-electron chi connectivity index (χ0n) is 25.0. The van der Waals surface area contributed by atoms with Crippen LogP contribution in [0.1, 0.15) is 44.3 Å². The first-order valence-electron chi connectivity index (χ1n) is 14.6. The molecule has 5 rings (SSSR count). The number of carboxylic acids is 1. The highest BCUT2D eigenvalue weighted by Crippen LogP contribution is 2.46. The lowest BCUT2D eigenvalue weighted by molar-refractivity contribution is -0.198. The van der Waals surface area contributed by atoms with Gasteiger partial charge in [-0.3, -0.25) is 9.52 Å². The second-order valence-corrected chi connectivity index (χ2v) is 13.9. The first-order chi connectivity index (χ1) is 21.6. The van der Waals surface area contributed by atoms with Gasteiger partial charge in [0.25, 0.3) is 0 Å². The van der Waals surface area contributed by atoms with Crippen LogP contribution < -0.4 is 25.4 Å². The molecule has 0 amide bonds. The molecule has 3 heterocycles. The smallest absolute Gasteiger partial charge is 0.429 e. The van der Waals surface area contributed by atoms with Crippen molar-refractivity contribution in [2.75, 3.05) is 34.7 Å². The van der Waals surface area contributed by atoms with Crippen LogP contribution in [-0.2, 0) is 14.8 Å². The van der Waals surface area contributed by atoms with Gasteiger partial charge in [0.2, 0.25) is 28.0 Å². The second kappa shape index (κ2) is 12.8. The third-order valence-electron chi connectivity index (χ3n) is 8.56. The van der Waals surface area contributed by atoms with Crippen molar-refractivity contribution in [1.82, 2.24) is 15.3 Å². The van der Waals surface area contributed by atoms with Gasteiger partial charge in [0.05, 0.1) is 6.26 Å². The van der Waals surface area contributed by atoms with E-state index >= 15 is 0 Å². The number of sulfonamides is 1. The lowest BCUT2D eigenvalue weighted by atomic mass is 9.71. The molecule has 11 nitrogen and oxygen atoms in total. The fourth-order valence-corrected chi connectivity index (χ4v) is 7.25. The van der Waals surface area contributed by atoms with Crippen molar-refractivity contribution in [3.63, 3.8) is 0 Å². The third-order valence-corrected chi connectivity index (χ3v) is 9.40. The van der Waals surface area contributed by atoms with E-state index in [0.29, 0.717) is 38.2 Å². The number of halogens is 4. The molecule has 248 valence electrons. The number of aromatic nitrogens is 2. The van der Waals surface area contributed by atoms with Gasteiger partial charge < -0.3 is 25.8 Å². The number of benzene rings is 2. The van der Waals surface area contributed by atoms with E-state index in [1.54, 1.807) is 0 Å². The normalized spacial score (nSPS) is 20.4. The topological polar surface area (TPSA) is 160 Å². The minimum atomic E-state index is -4.91. The first kappa shape index (κ1) is 33.5. The number of carboxylic acid groups (broad SMARTS) is 1. The Labute approximate surface area is 269 Å². The molecule has 2 aliphatic rings. The molecule has 2 fully saturated rings. The third kappa shape index (κ3) is 7.42. The predicted octanol–water partition coefficient (Wildman–Crippen LogP) is 5.24. The molecule has 2 unspecified atom stereocenters. The Morgan fingerprint density at radius 3 is 2.57 bits per heavy atom. The largest absolute Gasteiger partial charge is 0.480 e. The summed E-state index contributed by atoms with van der Waals surface area (Å²) >= 11 is 6.20. The SMILES string of the molecule is CCC1NC(C(=O)O)CC12CCN(c1cc(O[C@H](c3ccc(Cl)cc3-c3cccc(NS(C)(=O)=O)c3)C(F)(F)F)nc(N)n1)CC2. The van der Waals surface area contributed by atoms with Crippen molar-refractivity contribution in [3.05, 3.63) is 59.1 Å². The number of hydrogen-bond donors (Lipinski definition) is 4. The quantitative estimate of drug-likeness (QED) is 0.235. The van der Waals surface area contributed by atoms with Crippen molar-refractivity contribution in [2.45, 2.75) is 57.0 Å². The average Bonchev–Trinajstić information content (AvgIpc) is 3.33. The van der Waals surface area contributed by atoms with Gasteiger partial charge in [-0.2, -0.15) is 23.1 Å². The molecule has 0 bridgehead atoms. The number of aliphatic carboxylic acids is 1. The molecular formula is C30H34ClF3N6O5S. The van der Waals surface area contributed by atoms with Gasteiger partial charge >= 0.3 is 12.1 Å². The summed E-state index contributed by atoms with van der Waals surface area (Å²) in [4.78, 5) is 21.8. The number of alkyl halides is 3. The Morgan fingerprint density at radius 1 is 1.22 bits per heavy atom. The lowest BCUT2D eigenvalue weighted by Crippen LogP contribution is -2.46. The minimum Gasteiger partial charge on any atom is -0.480 e. The Bertz CT molecular complexity index is 1720. The maximum Gasteiger partial charge on any atom is 0.429 e. The van der Waals surface area contributed by atoms with Gasteiger partial charge in [0.1, 0.15) is 11.9 Å². The summed E-state index contributed by atoms with van der Waals surface area (Å²) in [5.74, 6) is -1.25. The van der Waals surface area contributed by atoms with Gasteiger partial charge in [-0.25, -0.2) is 8.42 Å². The summed E-state index contributed by atoms with van der Waals surface area (Å²) in [5, 5.41) is 13.0. The Kier molecular flexibility index (Phi) is 9.30. The molecule has 1 aromatic heterocycles. The predicted molar refractivity (Wildman–Crippen MR) is 168 cm³/mol. The van der Waals surface area contributed by atoms with Gasteiger partial charge in [0, 0.05) is 41.5 Å². The van der Waals surface area contributed by atoms with E-state index in [-0.39, 0.29) is 44.8 Å². The molecule has 1 spiro atoms. The fourth-order valence-electron chi connectivity index (χ4n) is 6.52. The van der Waals surface area contributed by atoms with Crippen molar-refractivity contribution >= 4 is 45.0 Å². The van der Waals surface area contributed by atoms with Crippen LogP contribution in [0.4, 0.5) is 30.6 Å². The Balaban J connectivity index is 1.43. The van der Waals surface area contributed by atoms with Crippen LogP contribution in [0.15, 0.2) is 48.5 Å². The zero-order valence-corrected chi connectivity index (χ0v) is 26.6. The van der Waals surface area contributed by atoms with Gasteiger partial charge in [-0.1, -0.05) is 36.7 Å². The van der Waals surface area contributed by atoms with Crippen LogP contribution in [0.25, 0.3) is 11.1 Å². The molecular weight excluding hydrogens is 649 g/mol. The number of piperidine rings is 1. The molecule has 3 atom stereocenters. The number of nitrogen functional groups attached to an aromatic ring is 1. The molecule has 0 aliphatic carbocycles. The molecule has 2 aliphatic heterocycles. The van der Waals surface area contributed by atoms with E-state index in [1.807, 2.05) is 11.8 Å². The molecule has 0 radical (unpaired) electrons. The van der Waals surface area contributed by atoms with Gasteiger partial charge in [-0.05, 0) is 66.5 Å². The highest BCUT2D eigenvalue weighted by atomic mass is 35.5. The number of nitrogens with two attached hydrogens (primary N) is 1. The van der Waals surface area contributed by atoms with Crippen LogP contribution in [0.5, 0.6) is 5.88 Å². The maximum absolute atomic E-state index is 14.7. The molecule has 0 saturated carbocycles. The summed E-state index contributed by atoms with van der Waals surface area (Å²) < 4.78 is 75.5. The standard InChI is InChI=1S/C30H34ClF3N6O5S/c1-3-23-29(16-22(36-23)27(41)42)9-11-40(12-10-29)24-15-25(38-28(35)37-24)45-26(30(32,33)34)20-8-7-18(31)14-21(20)17-5-4-6-19(13-17)39-46(2,43)44/h4-8,13-15,22-23,26,36,39H,3,9-12,16H2,1-2H3,(H,41,42)(H2,35,37,38)/t22?,23?,26-/m1/s1. The maximum atomic E-state index is 14.7. The second-order valence-electron chi connectivity index (χ2n) is 11.7. The van der Waals surface area contributed by atoms with Crippen LogP contribution in [0.3, 0.4) is 0 Å². The molecule has 5 N–H and O–H groups in total. The number of nitrogens with one attached hydrogen (secondary N) is 2. The first-order valence-corrected chi connectivity index (χ1v) is 16.8. The van der Waals surface area contributed by atoms with Crippen molar-refractivity contribution in [3.8, 4) is 17.0 Å². The Morgan fingerprint density at radius 2 is 1.93 bits per heavy atom. The summed E-state index contributed by atoms with van der Waals surface area (Å²) in [6.45, 7) is 2.99. The van der Waals surface area contributed by atoms with Crippen LogP contribution in [-0.4, -0.2) is 67.1 Å². The highest BCUT2D eigenvalue weighted by molar-refractivity contribution is 7.92. The minimum absolute atomic E-state index is 0.0362. The molecule has 16 heteroatoms. The fraction of sp³-hybridized carbons (Fsp3) is 0.433. The van der Waals surface area contributed by atoms with Crippen molar-refractivity contribution < 1.29 is 36.2 Å². The van der Waals surface area contributed by atoms with Crippen molar-refractivity contribution in [1.29, 1.82) is 0 Å². The highest BCUT2D eigenvalue weighted by Gasteiger charge is 2.50. The average molecular weight is 683 g/mol. The number of carbonyl (C=O) groups is 1. The Hall–Kier alpha value is -3.82. The molecule has 2 aromatic carbocycles. The van der Waals surface area contributed by atoms with E-state index in [4.69, 9.17) is 22.1 Å². The summed E-state index contributed by atoms with van der Waals surface area (Å²) in [5.41, 5.74) is 5.96. The monoisotopic (exact) mass is 682 g/mol. The summed E-state index contributed by atoms with van der Waals surface area (Å²) in [6.07, 6.45) is -3.85. The van der Waals surface area contributed by atoms with E-state index in [2.05, 4.69) is 20.0 Å². The molecule has 2 saturated heterocycles. The van der Waals surface area contributed by atoms with E-state index < -0.39 is 40.2 Å². The summed E-state index contributed by atoms with van der Waals surface area (Å²) in [6, 6.07) is 10.5. The van der Waals surface area contributed by atoms with E-state index in [0.717, 1.165) is 12.7 Å². The van der Waals surface area contributed by atoms with Crippen LogP contribution >= 0.6 is 11.6 Å². The van der Waals surface area contributed by atoms with E-state index in [1.165, 1.54) is 48.5 Å². The lowest BCUT2D eigenvalue weighted by Gasteiger charge is -2.43. The van der Waals surface area contributed by atoms with Crippen LogP contribution in [0, 0.1) is 5.41 Å². The van der Waals surface area contributed by atoms with Gasteiger partial charge in [-0.15, -0.1) is 0 Å². The molecule has 46 heavy (non-hydrogen) atoms. The van der Waals surface area contributed by atoms with Gasteiger partial charge in [0.15, 0.2) is 0 Å². The zero-order chi connectivity index (χ0) is 33.4. The number of nitrogens with zero attached hydrogens (tertiary/aromatic N) is 3. The number of rotatable bonds is 9. The van der Waals surface area contributed by atoms with E-state index in [9.17, 15) is 31.5 Å². The van der Waals surface area contributed by atoms with Crippen molar-refractivity contribution in [2.24, 2.45) is 5.41 Å². The number of ether oxygens (including phenoxy) is 1. The molecule has 3 aromatic rings. The summed E-state index contributed by atoms with van der Waals surface area (Å²) in [7, 11) is -3.65. The number of anilines is 3. The number of hydrogen-bond acceptors (Lipinski definition) is 9.